The van der Waals surface area contributed by atoms with Gasteiger partial charge in [0.2, 0.25) is 0 Å². The summed E-state index contributed by atoms with van der Waals surface area (Å²) in [5.41, 5.74) is 0.304. The summed E-state index contributed by atoms with van der Waals surface area (Å²) in [6.07, 6.45) is 2.15. The Kier molecular flexibility index (Phi) is 7.00. The third-order valence-electron chi connectivity index (χ3n) is 3.71. The number of carbonyl (C=O) groups excluding carboxylic acids is 1. The second-order valence-corrected chi connectivity index (χ2v) is 7.18. The summed E-state index contributed by atoms with van der Waals surface area (Å²) in [5.74, 6) is 0.220. The van der Waals surface area contributed by atoms with Gasteiger partial charge in [0.05, 0.1) is 12.9 Å². The molecule has 0 aliphatic carbocycles. The zero-order valence-corrected chi connectivity index (χ0v) is 16.4. The zero-order valence-electron chi connectivity index (χ0n) is 16.4. The summed E-state index contributed by atoms with van der Waals surface area (Å²) in [6.45, 7) is 6.35. The number of aliphatic hydroxyl groups excluding tert-OH is 1. The number of aliphatic hydroxyl groups is 1. The van der Waals surface area contributed by atoms with E-state index in [1.54, 1.807) is 27.7 Å². The number of aryl methyl sites for hydroxylation is 1. The van der Waals surface area contributed by atoms with Crippen LogP contribution in [0.1, 0.15) is 43.2 Å². The van der Waals surface area contributed by atoms with Crippen molar-refractivity contribution in [2.75, 3.05) is 5.32 Å². The maximum Gasteiger partial charge on any atom is 0.412 e. The predicted octanol–water partition coefficient (Wildman–Crippen LogP) is 4.10. The highest BCUT2D eigenvalue weighted by molar-refractivity contribution is 5.84. The first-order chi connectivity index (χ1) is 13.2. The van der Waals surface area contributed by atoms with Crippen molar-refractivity contribution in [1.29, 1.82) is 0 Å². The van der Waals surface area contributed by atoms with Crippen LogP contribution in [-0.2, 0) is 17.8 Å². The molecule has 0 bridgehead atoms. The highest BCUT2D eigenvalue weighted by atomic mass is 16.6. The highest BCUT2D eigenvalue weighted by Gasteiger charge is 2.17. The molecule has 7 heteroatoms. The third kappa shape index (κ3) is 6.28. The molecule has 0 atom stereocenters. The molecular weight excluding hydrogens is 362 g/mol. The first-order valence-electron chi connectivity index (χ1n) is 8.81. The van der Waals surface area contributed by atoms with Crippen LogP contribution in [0.2, 0.25) is 0 Å². The van der Waals surface area contributed by atoms with Crippen LogP contribution < -0.4 is 10.9 Å². The molecule has 2 N–H and O–H groups in total. The summed E-state index contributed by atoms with van der Waals surface area (Å²) >= 11 is 0. The minimum atomic E-state index is -0.830. The lowest BCUT2D eigenvalue weighted by atomic mass is 10.0. The van der Waals surface area contributed by atoms with E-state index < -0.39 is 17.3 Å². The lowest BCUT2D eigenvalue weighted by Crippen LogP contribution is -2.28. The molecule has 2 rings (SSSR count). The van der Waals surface area contributed by atoms with Crippen LogP contribution in [0.5, 0.6) is 0 Å². The molecule has 1 amide bonds. The van der Waals surface area contributed by atoms with Crippen LogP contribution in [0.3, 0.4) is 0 Å². The van der Waals surface area contributed by atoms with E-state index in [1.807, 2.05) is 30.3 Å². The summed E-state index contributed by atoms with van der Waals surface area (Å²) < 4.78 is 15.8. The Morgan fingerprint density at radius 2 is 1.86 bits per heavy atom. The number of nitrogens with one attached hydrogen (secondary N) is 1. The Hall–Kier alpha value is -3.06. The Bertz CT molecular complexity index is 920. The Morgan fingerprint density at radius 1 is 1.18 bits per heavy atom. The Labute approximate surface area is 163 Å². The second-order valence-electron chi connectivity index (χ2n) is 7.18. The standard InChI is InChI=1S/C21H25NO6/c1-14-17(11-23)16(10-15-8-6-5-7-9-15)12-26-13-18(19(24)27-14)22-20(25)28-21(2,3)4/h5-9,12-13,23H,10-11H2,1-4H3,(H,22,25). The number of hydrogen-bond donors (Lipinski definition) is 2. The average molecular weight is 387 g/mol. The van der Waals surface area contributed by atoms with Crippen molar-refractivity contribution >= 4 is 11.8 Å². The van der Waals surface area contributed by atoms with Crippen LogP contribution in [0.15, 0.2) is 56.5 Å². The van der Waals surface area contributed by atoms with Crippen LogP contribution in [-0.4, -0.2) is 16.8 Å². The molecule has 0 unspecified atom stereocenters. The van der Waals surface area contributed by atoms with Gasteiger partial charge in [-0.1, -0.05) is 30.3 Å². The SMILES string of the molecule is Cc1oc(=O)c(NC(=O)OC(C)(C)C)cocc(Cc2ccccc2)c1CO. The summed E-state index contributed by atoms with van der Waals surface area (Å²) in [6, 6.07) is 9.60. The first-order valence-corrected chi connectivity index (χ1v) is 8.81. The number of amides is 1. The van der Waals surface area contributed by atoms with Gasteiger partial charge in [-0.05, 0) is 33.3 Å². The fourth-order valence-electron chi connectivity index (χ4n) is 2.46. The van der Waals surface area contributed by atoms with Crippen LogP contribution in [0.25, 0.3) is 0 Å². The van der Waals surface area contributed by atoms with E-state index >= 15 is 0 Å². The molecule has 0 aliphatic rings. The molecule has 2 aromatic rings. The maximum atomic E-state index is 12.4. The van der Waals surface area contributed by atoms with Crippen molar-refractivity contribution in [3.05, 3.63) is 75.7 Å². The van der Waals surface area contributed by atoms with Crippen molar-refractivity contribution in [2.24, 2.45) is 0 Å². The van der Waals surface area contributed by atoms with Crippen molar-refractivity contribution in [2.45, 2.75) is 46.3 Å². The van der Waals surface area contributed by atoms with Gasteiger partial charge in [-0.3, -0.25) is 5.32 Å². The topological polar surface area (TPSA) is 102 Å². The van der Waals surface area contributed by atoms with Gasteiger partial charge in [0.15, 0.2) is 5.69 Å². The van der Waals surface area contributed by atoms with E-state index in [9.17, 15) is 14.7 Å². The van der Waals surface area contributed by atoms with Gasteiger partial charge < -0.3 is 18.7 Å². The van der Waals surface area contributed by atoms with Gasteiger partial charge in [-0.25, -0.2) is 9.59 Å². The van der Waals surface area contributed by atoms with Crippen molar-refractivity contribution in [3.8, 4) is 0 Å². The van der Waals surface area contributed by atoms with Crippen LogP contribution in [0, 0.1) is 6.92 Å². The van der Waals surface area contributed by atoms with E-state index in [0.717, 1.165) is 11.8 Å². The minimum absolute atomic E-state index is 0.219. The molecule has 0 spiro atoms. The summed E-state index contributed by atoms with van der Waals surface area (Å²) in [5, 5.41) is 12.1. The fourth-order valence-corrected chi connectivity index (χ4v) is 2.46. The predicted molar refractivity (Wildman–Crippen MR) is 105 cm³/mol. The molecule has 1 aromatic carbocycles. The second kappa shape index (κ2) is 9.23. The summed E-state index contributed by atoms with van der Waals surface area (Å²) in [4.78, 5) is 24.3. The van der Waals surface area contributed by atoms with Crippen molar-refractivity contribution < 1.29 is 23.5 Å². The van der Waals surface area contributed by atoms with Gasteiger partial charge >= 0.3 is 11.7 Å². The number of benzene rings is 1. The number of hydrogen-bond acceptors (Lipinski definition) is 6. The van der Waals surface area contributed by atoms with Gasteiger partial charge in [0.25, 0.3) is 0 Å². The van der Waals surface area contributed by atoms with E-state index in [4.69, 9.17) is 13.6 Å². The molecule has 150 valence electrons. The van der Waals surface area contributed by atoms with E-state index in [2.05, 4.69) is 5.32 Å². The largest absolute Gasteiger partial charge is 0.470 e. The number of carbonyl (C=O) groups is 1. The van der Waals surface area contributed by atoms with Gasteiger partial charge in [0.1, 0.15) is 17.6 Å². The molecule has 1 aromatic heterocycles. The number of rotatable bonds is 4. The molecule has 0 aliphatic heterocycles. The van der Waals surface area contributed by atoms with Gasteiger partial charge in [-0.15, -0.1) is 0 Å². The number of ether oxygens (including phenoxy) is 1. The molecule has 7 nitrogen and oxygen atoms in total. The lowest BCUT2D eigenvalue weighted by Gasteiger charge is -2.19. The molecule has 0 saturated heterocycles. The van der Waals surface area contributed by atoms with Crippen LogP contribution >= 0.6 is 0 Å². The summed E-state index contributed by atoms with van der Waals surface area (Å²) in [7, 11) is 0. The van der Waals surface area contributed by atoms with E-state index in [0.29, 0.717) is 17.5 Å². The Morgan fingerprint density at radius 3 is 2.46 bits per heavy atom. The quantitative estimate of drug-likeness (QED) is 0.819. The Balaban J connectivity index is 2.47. The first kappa shape index (κ1) is 21.2. The van der Waals surface area contributed by atoms with Crippen molar-refractivity contribution in [1.82, 2.24) is 0 Å². The molecule has 0 fully saturated rings. The van der Waals surface area contributed by atoms with Gasteiger partial charge in [-0.2, -0.15) is 0 Å². The average Bonchev–Trinajstić information content (AvgIpc) is 2.64. The normalized spacial score (nSPS) is 10.9. The van der Waals surface area contributed by atoms with E-state index in [1.165, 1.54) is 6.26 Å². The van der Waals surface area contributed by atoms with Crippen LogP contribution in [0.4, 0.5) is 10.5 Å². The molecule has 28 heavy (non-hydrogen) atoms. The maximum absolute atomic E-state index is 12.4. The lowest BCUT2D eigenvalue weighted by molar-refractivity contribution is 0.0635. The number of anilines is 1. The highest BCUT2D eigenvalue weighted by Crippen LogP contribution is 2.17. The fraction of sp³-hybridized carbons (Fsp3) is 0.333. The monoisotopic (exact) mass is 387 g/mol. The molecule has 0 saturated carbocycles. The third-order valence-corrected chi connectivity index (χ3v) is 3.71. The zero-order chi connectivity index (χ0) is 20.7. The molecule has 1 heterocycles. The van der Waals surface area contributed by atoms with E-state index in [-0.39, 0.29) is 18.1 Å². The molecular formula is C21H25NO6. The van der Waals surface area contributed by atoms with Crippen molar-refractivity contribution in [3.63, 3.8) is 0 Å². The smallest absolute Gasteiger partial charge is 0.412 e. The van der Waals surface area contributed by atoms with Gasteiger partial charge in [0, 0.05) is 17.5 Å². The molecule has 0 radical (unpaired) electrons. The minimum Gasteiger partial charge on any atom is -0.470 e.